The maximum Gasteiger partial charge on any atom is 0.328 e. The summed E-state index contributed by atoms with van der Waals surface area (Å²) in [5.74, 6) is 0.309. The van der Waals surface area contributed by atoms with Gasteiger partial charge in [0.05, 0.1) is 0 Å². The van der Waals surface area contributed by atoms with Crippen LogP contribution in [-0.2, 0) is 4.79 Å². The summed E-state index contributed by atoms with van der Waals surface area (Å²) in [5, 5.41) is 8.69. The third-order valence-corrected chi connectivity index (χ3v) is 4.90. The highest BCUT2D eigenvalue weighted by Crippen LogP contribution is 2.44. The van der Waals surface area contributed by atoms with Crippen LogP contribution in [0, 0.1) is 17.3 Å². The molecule has 1 fully saturated rings. The molecule has 0 radical (unpaired) electrons. The van der Waals surface area contributed by atoms with Crippen LogP contribution in [0.2, 0.25) is 0 Å². The number of carbonyl (C=O) groups is 1. The van der Waals surface area contributed by atoms with Crippen LogP contribution in [0.4, 0.5) is 0 Å². The molecule has 0 aromatic carbocycles. The van der Waals surface area contributed by atoms with Crippen molar-refractivity contribution in [2.75, 3.05) is 0 Å². The molecule has 2 atom stereocenters. The third kappa shape index (κ3) is 4.46. The molecule has 1 saturated carbocycles. The first-order chi connectivity index (χ1) is 10.3. The van der Waals surface area contributed by atoms with Crippen LogP contribution in [0.15, 0.2) is 47.1 Å². The standard InChI is InChI=1S/C20H28O2/c1-14(12-19(21)22)7-8-16-13-17(16)9-10-18-15(2)6-5-11-20(18,3)4/h7-10,12,16-17H,5-6,11,13H2,1-4H3,(H,21,22). The van der Waals surface area contributed by atoms with Gasteiger partial charge in [-0.15, -0.1) is 0 Å². The van der Waals surface area contributed by atoms with Gasteiger partial charge in [-0.2, -0.15) is 0 Å². The lowest BCUT2D eigenvalue weighted by Crippen LogP contribution is -2.19. The van der Waals surface area contributed by atoms with E-state index in [0.717, 1.165) is 5.57 Å². The number of aliphatic carboxylic acids is 1. The zero-order valence-corrected chi connectivity index (χ0v) is 14.2. The van der Waals surface area contributed by atoms with E-state index in [1.165, 1.54) is 37.3 Å². The molecule has 1 N–H and O–H groups in total. The second-order valence-corrected chi connectivity index (χ2v) is 7.44. The predicted octanol–water partition coefficient (Wildman–Crippen LogP) is 5.29. The molecule has 0 aromatic rings. The van der Waals surface area contributed by atoms with Crippen molar-refractivity contribution in [3.63, 3.8) is 0 Å². The Morgan fingerprint density at radius 3 is 2.59 bits per heavy atom. The van der Waals surface area contributed by atoms with Gasteiger partial charge < -0.3 is 5.11 Å². The van der Waals surface area contributed by atoms with Crippen molar-refractivity contribution in [2.45, 2.75) is 53.4 Å². The molecule has 2 nitrogen and oxygen atoms in total. The molecular weight excluding hydrogens is 272 g/mol. The zero-order chi connectivity index (χ0) is 16.3. The van der Waals surface area contributed by atoms with Gasteiger partial charge in [0.25, 0.3) is 0 Å². The SMILES string of the molecule is CC(C=CC1CC1C=CC1=C(C)CCCC1(C)C)=CC(=O)O. The number of hydrogen-bond acceptors (Lipinski definition) is 1. The summed E-state index contributed by atoms with van der Waals surface area (Å²) in [6, 6.07) is 0. The summed E-state index contributed by atoms with van der Waals surface area (Å²) in [5.41, 5.74) is 4.17. The summed E-state index contributed by atoms with van der Waals surface area (Å²) >= 11 is 0. The molecule has 2 aliphatic rings. The smallest absolute Gasteiger partial charge is 0.328 e. The minimum absolute atomic E-state index is 0.305. The average Bonchev–Trinajstić information content (AvgIpc) is 3.13. The highest BCUT2D eigenvalue weighted by atomic mass is 16.4. The van der Waals surface area contributed by atoms with Gasteiger partial charge in [-0.3, -0.25) is 0 Å². The van der Waals surface area contributed by atoms with Crippen LogP contribution in [-0.4, -0.2) is 11.1 Å². The first kappa shape index (κ1) is 16.8. The predicted molar refractivity (Wildman–Crippen MR) is 91.6 cm³/mol. The van der Waals surface area contributed by atoms with Crippen molar-refractivity contribution in [2.24, 2.45) is 17.3 Å². The molecule has 0 heterocycles. The van der Waals surface area contributed by atoms with Gasteiger partial charge in [0.1, 0.15) is 0 Å². The Morgan fingerprint density at radius 1 is 1.27 bits per heavy atom. The minimum Gasteiger partial charge on any atom is -0.478 e. The van der Waals surface area contributed by atoms with Crippen LogP contribution in [0.1, 0.15) is 53.4 Å². The first-order valence-corrected chi connectivity index (χ1v) is 8.27. The van der Waals surface area contributed by atoms with E-state index in [9.17, 15) is 4.79 Å². The molecule has 120 valence electrons. The number of carboxylic acids is 1. The van der Waals surface area contributed by atoms with Crippen molar-refractivity contribution < 1.29 is 9.90 Å². The number of carboxylic acid groups (broad SMARTS) is 1. The first-order valence-electron chi connectivity index (χ1n) is 8.27. The summed E-state index contributed by atoms with van der Waals surface area (Å²) < 4.78 is 0. The monoisotopic (exact) mass is 300 g/mol. The van der Waals surface area contributed by atoms with Gasteiger partial charge in [-0.1, -0.05) is 43.7 Å². The van der Waals surface area contributed by atoms with Crippen molar-refractivity contribution in [3.05, 3.63) is 47.1 Å². The van der Waals surface area contributed by atoms with Crippen LogP contribution in [0.5, 0.6) is 0 Å². The third-order valence-electron chi connectivity index (χ3n) is 4.90. The van der Waals surface area contributed by atoms with E-state index < -0.39 is 5.97 Å². The highest BCUT2D eigenvalue weighted by Gasteiger charge is 2.33. The van der Waals surface area contributed by atoms with E-state index in [1.54, 1.807) is 5.57 Å². The topological polar surface area (TPSA) is 37.3 Å². The molecule has 0 amide bonds. The van der Waals surface area contributed by atoms with Crippen molar-refractivity contribution in [3.8, 4) is 0 Å². The normalized spacial score (nSPS) is 28.6. The second kappa shape index (κ2) is 6.68. The summed E-state index contributed by atoms with van der Waals surface area (Å²) in [7, 11) is 0. The Kier molecular flexibility index (Phi) is 5.10. The Balaban J connectivity index is 1.94. The fourth-order valence-electron chi connectivity index (χ4n) is 3.43. The Bertz CT molecular complexity index is 558. The quantitative estimate of drug-likeness (QED) is 0.553. The largest absolute Gasteiger partial charge is 0.478 e. The molecule has 0 aromatic heterocycles. The van der Waals surface area contributed by atoms with E-state index in [1.807, 2.05) is 13.0 Å². The minimum atomic E-state index is -0.878. The number of rotatable bonds is 5. The van der Waals surface area contributed by atoms with E-state index in [0.29, 0.717) is 17.3 Å². The summed E-state index contributed by atoms with van der Waals surface area (Å²) in [6.07, 6.45) is 15.0. The van der Waals surface area contributed by atoms with Gasteiger partial charge in [-0.05, 0) is 67.9 Å². The maximum atomic E-state index is 10.6. The van der Waals surface area contributed by atoms with Gasteiger partial charge in [-0.25, -0.2) is 4.79 Å². The van der Waals surface area contributed by atoms with Crippen molar-refractivity contribution in [1.82, 2.24) is 0 Å². The van der Waals surface area contributed by atoms with E-state index in [2.05, 4.69) is 39.0 Å². The molecule has 22 heavy (non-hydrogen) atoms. The molecule has 0 aliphatic heterocycles. The lowest BCUT2D eigenvalue weighted by Gasteiger charge is -2.33. The fraction of sp³-hybridized carbons (Fsp3) is 0.550. The van der Waals surface area contributed by atoms with Crippen LogP contribution in [0.25, 0.3) is 0 Å². The average molecular weight is 300 g/mol. The van der Waals surface area contributed by atoms with Crippen molar-refractivity contribution >= 4 is 5.97 Å². The molecule has 2 rings (SSSR count). The summed E-state index contributed by atoms with van der Waals surface area (Å²) in [4.78, 5) is 10.6. The van der Waals surface area contributed by atoms with E-state index in [-0.39, 0.29) is 0 Å². The van der Waals surface area contributed by atoms with E-state index in [4.69, 9.17) is 5.11 Å². The zero-order valence-electron chi connectivity index (χ0n) is 14.2. The summed E-state index contributed by atoms with van der Waals surface area (Å²) in [6.45, 7) is 8.79. The van der Waals surface area contributed by atoms with Gasteiger partial charge in [0.2, 0.25) is 0 Å². The lowest BCUT2D eigenvalue weighted by molar-refractivity contribution is -0.131. The van der Waals surface area contributed by atoms with E-state index >= 15 is 0 Å². The van der Waals surface area contributed by atoms with Gasteiger partial charge in [0.15, 0.2) is 0 Å². The van der Waals surface area contributed by atoms with Crippen molar-refractivity contribution in [1.29, 1.82) is 0 Å². The Labute approximate surface area is 134 Å². The Hall–Kier alpha value is -1.57. The lowest BCUT2D eigenvalue weighted by atomic mass is 9.72. The molecule has 2 aliphatic carbocycles. The number of allylic oxidation sites excluding steroid dienone is 7. The molecule has 0 saturated heterocycles. The molecular formula is C20H28O2. The van der Waals surface area contributed by atoms with Crippen LogP contribution in [0.3, 0.4) is 0 Å². The van der Waals surface area contributed by atoms with Gasteiger partial charge in [0, 0.05) is 6.08 Å². The molecule has 2 unspecified atom stereocenters. The molecule has 0 spiro atoms. The highest BCUT2D eigenvalue weighted by molar-refractivity contribution is 5.81. The molecule has 2 heteroatoms. The maximum absolute atomic E-state index is 10.6. The fourth-order valence-corrected chi connectivity index (χ4v) is 3.43. The van der Waals surface area contributed by atoms with Crippen LogP contribution >= 0.6 is 0 Å². The second-order valence-electron chi connectivity index (χ2n) is 7.44. The van der Waals surface area contributed by atoms with Gasteiger partial charge >= 0.3 is 5.97 Å². The molecule has 0 bridgehead atoms. The Morgan fingerprint density at radius 2 is 1.95 bits per heavy atom. The number of hydrogen-bond donors (Lipinski definition) is 1. The van der Waals surface area contributed by atoms with Crippen LogP contribution < -0.4 is 0 Å².